The lowest BCUT2D eigenvalue weighted by Gasteiger charge is -1.91. The Morgan fingerprint density at radius 1 is 1.53 bits per heavy atom. The number of aromatic nitrogens is 2. The van der Waals surface area contributed by atoms with Gasteiger partial charge in [0.15, 0.2) is 5.15 Å². The Morgan fingerprint density at radius 3 is 2.87 bits per heavy atom. The number of thiazole rings is 1. The molecule has 0 aliphatic rings. The van der Waals surface area contributed by atoms with Crippen LogP contribution in [0.15, 0.2) is 28.7 Å². The van der Waals surface area contributed by atoms with Crippen LogP contribution in [0.4, 0.5) is 0 Å². The third-order valence-corrected chi connectivity index (χ3v) is 4.79. The Labute approximate surface area is 98.6 Å². The van der Waals surface area contributed by atoms with Crippen molar-refractivity contribution < 1.29 is 4.21 Å². The Bertz CT molecular complexity index is 498. The summed E-state index contributed by atoms with van der Waals surface area (Å²) in [4.78, 5) is 8.15. The van der Waals surface area contributed by atoms with Crippen molar-refractivity contribution in [3.8, 4) is 10.6 Å². The molecule has 1 atom stereocenters. The molecule has 0 saturated carbocycles. The molecule has 0 aliphatic heterocycles. The van der Waals surface area contributed by atoms with Crippen LogP contribution in [0.3, 0.4) is 0 Å². The van der Waals surface area contributed by atoms with Gasteiger partial charge >= 0.3 is 0 Å². The van der Waals surface area contributed by atoms with Gasteiger partial charge in [-0.25, -0.2) is 4.98 Å². The molecule has 2 aromatic rings. The van der Waals surface area contributed by atoms with Crippen molar-refractivity contribution in [1.82, 2.24) is 9.97 Å². The molecule has 2 rings (SSSR count). The molecule has 6 heteroatoms. The highest BCUT2D eigenvalue weighted by Crippen LogP contribution is 2.32. The van der Waals surface area contributed by atoms with Gasteiger partial charge in [-0.2, -0.15) is 0 Å². The van der Waals surface area contributed by atoms with Gasteiger partial charge in [0.25, 0.3) is 0 Å². The van der Waals surface area contributed by atoms with E-state index < -0.39 is 10.8 Å². The average Bonchev–Trinajstić information content (AvgIpc) is 2.62. The van der Waals surface area contributed by atoms with Crippen molar-refractivity contribution in [3.05, 3.63) is 29.7 Å². The smallest absolute Gasteiger partial charge is 0.156 e. The number of hydrogen-bond acceptors (Lipinski definition) is 4. The molecule has 15 heavy (non-hydrogen) atoms. The van der Waals surface area contributed by atoms with E-state index in [0.29, 0.717) is 9.36 Å². The highest BCUT2D eigenvalue weighted by atomic mass is 35.5. The minimum absolute atomic E-state index is 0.319. The topological polar surface area (TPSA) is 42.9 Å². The van der Waals surface area contributed by atoms with Gasteiger partial charge in [-0.15, -0.1) is 11.3 Å². The van der Waals surface area contributed by atoms with Gasteiger partial charge in [0.2, 0.25) is 0 Å². The lowest BCUT2D eigenvalue weighted by Crippen LogP contribution is -1.81. The first-order chi connectivity index (χ1) is 7.18. The Kier molecular flexibility index (Phi) is 3.14. The molecule has 1 unspecified atom stereocenters. The molecule has 0 saturated heterocycles. The lowest BCUT2D eigenvalue weighted by molar-refractivity contribution is 0.688. The molecule has 78 valence electrons. The normalized spacial score (nSPS) is 12.7. The number of pyridine rings is 1. The second-order valence-electron chi connectivity index (χ2n) is 2.79. The predicted octanol–water partition coefficient (Wildman–Crippen LogP) is 2.60. The standard InChI is InChI=1S/C9H7ClN2OS2/c1-15(13)9-7(10)12-8(14-9)6-3-2-4-11-5-6/h2-5H,1H3. The molecule has 0 N–H and O–H groups in total. The van der Waals surface area contributed by atoms with E-state index in [-0.39, 0.29) is 0 Å². The highest BCUT2D eigenvalue weighted by molar-refractivity contribution is 7.86. The predicted molar refractivity (Wildman–Crippen MR) is 62.7 cm³/mol. The van der Waals surface area contributed by atoms with E-state index >= 15 is 0 Å². The average molecular weight is 259 g/mol. The maximum atomic E-state index is 11.3. The molecule has 3 nitrogen and oxygen atoms in total. The van der Waals surface area contributed by atoms with E-state index in [1.807, 2.05) is 12.1 Å². The van der Waals surface area contributed by atoms with Crippen molar-refractivity contribution in [2.45, 2.75) is 4.21 Å². The minimum atomic E-state index is -1.09. The molecule has 0 bridgehead atoms. The van der Waals surface area contributed by atoms with Gasteiger partial charge in [-0.1, -0.05) is 11.6 Å². The summed E-state index contributed by atoms with van der Waals surface area (Å²) in [5.74, 6) is 0. The van der Waals surface area contributed by atoms with Crippen LogP contribution in [0.1, 0.15) is 0 Å². The van der Waals surface area contributed by atoms with Gasteiger partial charge in [-0.3, -0.25) is 9.19 Å². The van der Waals surface area contributed by atoms with Gasteiger partial charge in [-0.05, 0) is 12.1 Å². The third-order valence-electron chi connectivity index (χ3n) is 1.73. The molecule has 0 amide bonds. The molecule has 0 aromatic carbocycles. The summed E-state index contributed by atoms with van der Waals surface area (Å²) in [6, 6.07) is 3.72. The van der Waals surface area contributed by atoms with Gasteiger partial charge in [0.05, 0.1) is 10.8 Å². The van der Waals surface area contributed by atoms with Gasteiger partial charge in [0, 0.05) is 24.2 Å². The summed E-state index contributed by atoms with van der Waals surface area (Å²) in [5.41, 5.74) is 0.890. The van der Waals surface area contributed by atoms with E-state index in [1.165, 1.54) is 11.3 Å². The minimum Gasteiger partial charge on any atom is -0.264 e. The number of rotatable bonds is 2. The Balaban J connectivity index is 2.48. The molecule has 0 radical (unpaired) electrons. The van der Waals surface area contributed by atoms with Crippen LogP contribution in [-0.4, -0.2) is 20.4 Å². The third kappa shape index (κ3) is 2.25. The van der Waals surface area contributed by atoms with Crippen molar-refractivity contribution in [1.29, 1.82) is 0 Å². The molecule has 0 fully saturated rings. The summed E-state index contributed by atoms with van der Waals surface area (Å²) >= 11 is 7.21. The van der Waals surface area contributed by atoms with E-state index in [2.05, 4.69) is 9.97 Å². The lowest BCUT2D eigenvalue weighted by atomic mass is 10.3. The highest BCUT2D eigenvalue weighted by Gasteiger charge is 2.13. The first-order valence-electron chi connectivity index (χ1n) is 4.08. The fourth-order valence-corrected chi connectivity index (χ4v) is 3.32. The van der Waals surface area contributed by atoms with E-state index in [4.69, 9.17) is 11.6 Å². The van der Waals surface area contributed by atoms with Crippen LogP contribution in [-0.2, 0) is 10.8 Å². The molecule has 2 aromatic heterocycles. The van der Waals surface area contributed by atoms with E-state index in [9.17, 15) is 4.21 Å². The molecule has 2 heterocycles. The Hall–Kier alpha value is -0.780. The maximum Gasteiger partial charge on any atom is 0.156 e. The fourth-order valence-electron chi connectivity index (χ4n) is 1.08. The van der Waals surface area contributed by atoms with Crippen LogP contribution in [0.5, 0.6) is 0 Å². The monoisotopic (exact) mass is 258 g/mol. The quantitative estimate of drug-likeness (QED) is 0.832. The molecule has 0 spiro atoms. The first-order valence-corrected chi connectivity index (χ1v) is 6.84. The van der Waals surface area contributed by atoms with Crippen LogP contribution in [0.25, 0.3) is 10.6 Å². The maximum absolute atomic E-state index is 11.3. The summed E-state index contributed by atoms with van der Waals surface area (Å²) in [7, 11) is -1.09. The second kappa shape index (κ2) is 4.38. The van der Waals surface area contributed by atoms with E-state index in [0.717, 1.165) is 10.6 Å². The number of nitrogens with zero attached hydrogens (tertiary/aromatic N) is 2. The molecule has 0 aliphatic carbocycles. The largest absolute Gasteiger partial charge is 0.264 e. The zero-order chi connectivity index (χ0) is 10.8. The van der Waals surface area contributed by atoms with Crippen molar-refractivity contribution in [3.63, 3.8) is 0 Å². The van der Waals surface area contributed by atoms with Crippen LogP contribution < -0.4 is 0 Å². The van der Waals surface area contributed by atoms with Crippen LogP contribution >= 0.6 is 22.9 Å². The van der Waals surface area contributed by atoms with Crippen LogP contribution in [0.2, 0.25) is 5.15 Å². The fraction of sp³-hybridized carbons (Fsp3) is 0.111. The summed E-state index contributed by atoms with van der Waals surface area (Å²) < 4.78 is 11.9. The SMILES string of the molecule is CS(=O)c1sc(-c2cccnc2)nc1Cl. The van der Waals surface area contributed by atoms with Crippen molar-refractivity contribution in [2.24, 2.45) is 0 Å². The van der Waals surface area contributed by atoms with Crippen LogP contribution in [0, 0.1) is 0 Å². The summed E-state index contributed by atoms with van der Waals surface area (Å²) in [6.45, 7) is 0. The Morgan fingerprint density at radius 2 is 2.33 bits per heavy atom. The zero-order valence-corrected chi connectivity index (χ0v) is 10.2. The molecular weight excluding hydrogens is 252 g/mol. The van der Waals surface area contributed by atoms with Crippen molar-refractivity contribution >= 4 is 33.7 Å². The van der Waals surface area contributed by atoms with E-state index in [1.54, 1.807) is 18.6 Å². The number of hydrogen-bond donors (Lipinski definition) is 0. The number of halogens is 1. The van der Waals surface area contributed by atoms with Crippen molar-refractivity contribution in [2.75, 3.05) is 6.26 Å². The summed E-state index contributed by atoms with van der Waals surface area (Å²) in [5, 5.41) is 1.07. The van der Waals surface area contributed by atoms with Gasteiger partial charge in [0.1, 0.15) is 9.22 Å². The van der Waals surface area contributed by atoms with Gasteiger partial charge < -0.3 is 0 Å². The zero-order valence-electron chi connectivity index (χ0n) is 7.81. The summed E-state index contributed by atoms with van der Waals surface area (Å²) in [6.07, 6.45) is 4.99. The first kappa shape index (κ1) is 10.7. The second-order valence-corrected chi connectivity index (χ2v) is 5.73. The molecular formula is C9H7ClN2OS2.